The lowest BCUT2D eigenvalue weighted by Crippen LogP contribution is -2.48. The third kappa shape index (κ3) is 4.52. The highest BCUT2D eigenvalue weighted by Gasteiger charge is 2.34. The van der Waals surface area contributed by atoms with Gasteiger partial charge in [-0.25, -0.2) is 9.59 Å². The predicted octanol–water partition coefficient (Wildman–Crippen LogP) is 3.25. The zero-order chi connectivity index (χ0) is 20.1. The van der Waals surface area contributed by atoms with Crippen molar-refractivity contribution in [3.05, 3.63) is 82.0 Å². The van der Waals surface area contributed by atoms with Gasteiger partial charge in [-0.05, 0) is 24.2 Å². The first-order valence-corrected chi connectivity index (χ1v) is 9.23. The molecule has 2 N–H and O–H groups in total. The maximum absolute atomic E-state index is 12.6. The molecule has 146 valence electrons. The summed E-state index contributed by atoms with van der Waals surface area (Å²) in [6.45, 7) is 1.03. The molecule has 0 radical (unpaired) electrons. The van der Waals surface area contributed by atoms with Crippen LogP contribution in [0.15, 0.2) is 65.9 Å². The van der Waals surface area contributed by atoms with Crippen molar-refractivity contribution in [2.45, 2.75) is 12.6 Å². The highest BCUT2D eigenvalue weighted by atomic mass is 35.5. The molecule has 1 aliphatic rings. The SMILES string of the molecule is COC(=O)C1=C(CN(C)Cc2ccccc2)NC(=O)N[C@H]1c1ccccc1Cl. The monoisotopic (exact) mass is 399 g/mol. The number of halogens is 1. The van der Waals surface area contributed by atoms with Crippen molar-refractivity contribution < 1.29 is 14.3 Å². The van der Waals surface area contributed by atoms with E-state index in [1.165, 1.54) is 7.11 Å². The van der Waals surface area contributed by atoms with E-state index in [1.807, 2.05) is 48.3 Å². The van der Waals surface area contributed by atoms with Gasteiger partial charge in [0.05, 0.1) is 18.7 Å². The second kappa shape index (κ2) is 8.91. The van der Waals surface area contributed by atoms with Crippen molar-refractivity contribution in [2.24, 2.45) is 0 Å². The minimum absolute atomic E-state index is 0.343. The van der Waals surface area contributed by atoms with Crippen molar-refractivity contribution in [2.75, 3.05) is 20.7 Å². The van der Waals surface area contributed by atoms with E-state index in [4.69, 9.17) is 16.3 Å². The Morgan fingerprint density at radius 3 is 2.46 bits per heavy atom. The van der Waals surface area contributed by atoms with E-state index in [1.54, 1.807) is 18.2 Å². The Morgan fingerprint density at radius 2 is 1.79 bits per heavy atom. The Kier molecular flexibility index (Phi) is 6.34. The number of carbonyl (C=O) groups is 2. The number of methoxy groups -OCH3 is 1. The lowest BCUT2D eigenvalue weighted by Gasteiger charge is -2.31. The molecule has 2 amide bonds. The molecule has 0 saturated heterocycles. The first-order valence-electron chi connectivity index (χ1n) is 8.85. The van der Waals surface area contributed by atoms with E-state index in [0.29, 0.717) is 34.9 Å². The van der Waals surface area contributed by atoms with Gasteiger partial charge < -0.3 is 15.4 Å². The third-order valence-corrected chi connectivity index (χ3v) is 4.84. The number of benzene rings is 2. The molecule has 0 fully saturated rings. The molecule has 28 heavy (non-hydrogen) atoms. The van der Waals surface area contributed by atoms with Crippen molar-refractivity contribution in [1.29, 1.82) is 0 Å². The van der Waals surface area contributed by atoms with Gasteiger partial charge in [0.15, 0.2) is 0 Å². The Morgan fingerprint density at radius 1 is 1.11 bits per heavy atom. The Balaban J connectivity index is 1.95. The molecule has 0 bridgehead atoms. The van der Waals surface area contributed by atoms with Crippen molar-refractivity contribution in [3.8, 4) is 0 Å². The number of amides is 2. The molecule has 0 unspecified atom stereocenters. The van der Waals surface area contributed by atoms with E-state index < -0.39 is 12.0 Å². The number of ether oxygens (including phenoxy) is 1. The maximum atomic E-state index is 12.6. The summed E-state index contributed by atoms with van der Waals surface area (Å²) in [7, 11) is 3.24. The summed E-state index contributed by atoms with van der Waals surface area (Å²) in [5.41, 5.74) is 2.62. The van der Waals surface area contributed by atoms with Crippen molar-refractivity contribution >= 4 is 23.6 Å². The predicted molar refractivity (Wildman–Crippen MR) is 108 cm³/mol. The Hall–Kier alpha value is -2.83. The number of likely N-dealkylation sites (N-methyl/N-ethyl adjacent to an activating group) is 1. The number of nitrogens with zero attached hydrogens (tertiary/aromatic N) is 1. The zero-order valence-corrected chi connectivity index (χ0v) is 16.5. The van der Waals surface area contributed by atoms with E-state index >= 15 is 0 Å². The molecule has 2 aromatic rings. The van der Waals surface area contributed by atoms with Crippen LogP contribution in [0.25, 0.3) is 0 Å². The Labute approximate surface area is 169 Å². The van der Waals surface area contributed by atoms with Gasteiger partial charge >= 0.3 is 12.0 Å². The molecule has 0 spiro atoms. The number of carbonyl (C=O) groups excluding carboxylic acids is 2. The maximum Gasteiger partial charge on any atom is 0.338 e. The second-order valence-electron chi connectivity index (χ2n) is 6.59. The van der Waals surface area contributed by atoms with Crippen LogP contribution in [-0.2, 0) is 16.1 Å². The summed E-state index contributed by atoms with van der Waals surface area (Å²) in [5.74, 6) is -0.513. The highest BCUT2D eigenvalue weighted by Crippen LogP contribution is 2.32. The van der Waals surface area contributed by atoms with E-state index in [2.05, 4.69) is 10.6 Å². The molecule has 0 saturated carbocycles. The van der Waals surface area contributed by atoms with Crippen LogP contribution < -0.4 is 10.6 Å². The minimum atomic E-state index is -0.685. The normalized spacial score (nSPS) is 16.6. The van der Waals surface area contributed by atoms with Crippen molar-refractivity contribution in [1.82, 2.24) is 15.5 Å². The number of hydrogen-bond acceptors (Lipinski definition) is 4. The molecule has 3 rings (SSSR count). The fraction of sp³-hybridized carbons (Fsp3) is 0.238. The van der Waals surface area contributed by atoms with Gasteiger partial charge in [0, 0.05) is 23.8 Å². The molecule has 2 aromatic carbocycles. The fourth-order valence-electron chi connectivity index (χ4n) is 3.26. The third-order valence-electron chi connectivity index (χ3n) is 4.50. The van der Waals surface area contributed by atoms with Crippen LogP contribution >= 0.6 is 11.6 Å². The second-order valence-corrected chi connectivity index (χ2v) is 7.00. The van der Waals surface area contributed by atoms with E-state index in [9.17, 15) is 9.59 Å². The lowest BCUT2D eigenvalue weighted by atomic mass is 9.95. The van der Waals surface area contributed by atoms with Crippen molar-refractivity contribution in [3.63, 3.8) is 0 Å². The number of hydrogen-bond donors (Lipinski definition) is 2. The van der Waals surface area contributed by atoms with Gasteiger partial charge in [-0.2, -0.15) is 0 Å². The lowest BCUT2D eigenvalue weighted by molar-refractivity contribution is -0.136. The topological polar surface area (TPSA) is 70.7 Å². The van der Waals surface area contributed by atoms with Crippen LogP contribution in [0.3, 0.4) is 0 Å². The quantitative estimate of drug-likeness (QED) is 0.731. The molecular formula is C21H22ClN3O3. The van der Waals surface area contributed by atoms with Crippen LogP contribution in [0.2, 0.25) is 5.02 Å². The summed E-state index contributed by atoms with van der Waals surface area (Å²) in [4.78, 5) is 26.9. The minimum Gasteiger partial charge on any atom is -0.466 e. The number of esters is 1. The molecule has 1 heterocycles. The number of urea groups is 1. The molecule has 1 atom stereocenters. The highest BCUT2D eigenvalue weighted by molar-refractivity contribution is 6.31. The summed E-state index contributed by atoms with van der Waals surface area (Å²) in [5, 5.41) is 6.01. The molecule has 1 aliphatic heterocycles. The molecule has 6 nitrogen and oxygen atoms in total. The van der Waals surface area contributed by atoms with Crippen LogP contribution in [0.1, 0.15) is 17.2 Å². The van der Waals surface area contributed by atoms with Gasteiger partial charge in [0.1, 0.15) is 0 Å². The molecular weight excluding hydrogens is 378 g/mol. The van der Waals surface area contributed by atoms with Gasteiger partial charge in [-0.15, -0.1) is 0 Å². The standard InChI is InChI=1S/C21H22ClN3O3/c1-25(12-14-8-4-3-5-9-14)13-17-18(20(26)28-2)19(24-21(27)23-17)15-10-6-7-11-16(15)22/h3-11,19H,12-13H2,1-2H3,(H2,23,24,27)/t19-/m0/s1. The zero-order valence-electron chi connectivity index (χ0n) is 15.7. The van der Waals surface area contributed by atoms with Crippen LogP contribution in [0.5, 0.6) is 0 Å². The van der Waals surface area contributed by atoms with E-state index in [0.717, 1.165) is 5.56 Å². The van der Waals surface area contributed by atoms with Crippen LogP contribution in [0.4, 0.5) is 4.79 Å². The van der Waals surface area contributed by atoms with Crippen LogP contribution in [-0.4, -0.2) is 37.6 Å². The fourth-order valence-corrected chi connectivity index (χ4v) is 3.50. The summed E-state index contributed by atoms with van der Waals surface area (Å²) >= 11 is 6.32. The summed E-state index contributed by atoms with van der Waals surface area (Å²) in [6.07, 6.45) is 0. The van der Waals surface area contributed by atoms with Crippen LogP contribution in [0, 0.1) is 0 Å². The van der Waals surface area contributed by atoms with Gasteiger partial charge in [-0.1, -0.05) is 60.1 Å². The Bertz CT molecular complexity index is 899. The molecule has 0 aromatic heterocycles. The van der Waals surface area contributed by atoms with Gasteiger partial charge in [-0.3, -0.25) is 4.90 Å². The first-order chi connectivity index (χ1) is 13.5. The largest absolute Gasteiger partial charge is 0.466 e. The molecule has 7 heteroatoms. The van der Waals surface area contributed by atoms with E-state index in [-0.39, 0.29) is 6.03 Å². The average molecular weight is 400 g/mol. The first kappa shape index (κ1) is 19.9. The van der Waals surface area contributed by atoms with Gasteiger partial charge in [0.25, 0.3) is 0 Å². The number of rotatable bonds is 6. The van der Waals surface area contributed by atoms with Gasteiger partial charge in [0.2, 0.25) is 0 Å². The average Bonchev–Trinajstić information content (AvgIpc) is 2.68. The number of nitrogens with one attached hydrogen (secondary N) is 2. The summed E-state index contributed by atoms with van der Waals surface area (Å²) in [6, 6.07) is 16.0. The molecule has 0 aliphatic carbocycles. The summed E-state index contributed by atoms with van der Waals surface area (Å²) < 4.78 is 5.00. The smallest absolute Gasteiger partial charge is 0.338 e.